The van der Waals surface area contributed by atoms with Gasteiger partial charge in [-0.3, -0.25) is 0 Å². The highest BCUT2D eigenvalue weighted by molar-refractivity contribution is 4.89. The van der Waals surface area contributed by atoms with Gasteiger partial charge in [-0.2, -0.15) is 0 Å². The standard InChI is InChI=1S/C10H18O6/c1-11-3-7-9-10(16-5-13-7)8(4-12-2)14-6-15-9/h7-10H,3-6H2,1-2H3/t7-,8+,9-,10-/m1/s1. The number of ether oxygens (including phenoxy) is 6. The van der Waals surface area contributed by atoms with Gasteiger partial charge in [0.25, 0.3) is 0 Å². The van der Waals surface area contributed by atoms with Crippen molar-refractivity contribution in [2.45, 2.75) is 24.4 Å². The molecule has 0 N–H and O–H groups in total. The molecule has 2 saturated heterocycles. The van der Waals surface area contributed by atoms with Crippen molar-refractivity contribution >= 4 is 0 Å². The first-order valence-corrected chi connectivity index (χ1v) is 5.31. The van der Waals surface area contributed by atoms with Crippen molar-refractivity contribution < 1.29 is 28.4 Å². The van der Waals surface area contributed by atoms with Crippen molar-refractivity contribution in [1.82, 2.24) is 0 Å². The first kappa shape index (κ1) is 12.2. The molecule has 0 aliphatic carbocycles. The topological polar surface area (TPSA) is 55.4 Å². The van der Waals surface area contributed by atoms with Crippen LogP contribution in [0.1, 0.15) is 0 Å². The minimum Gasteiger partial charge on any atom is -0.382 e. The minimum atomic E-state index is -0.150. The molecule has 2 aliphatic heterocycles. The average molecular weight is 234 g/mol. The Morgan fingerprint density at radius 1 is 0.812 bits per heavy atom. The Morgan fingerprint density at radius 2 is 1.25 bits per heavy atom. The summed E-state index contributed by atoms with van der Waals surface area (Å²) in [6.07, 6.45) is -0.510. The van der Waals surface area contributed by atoms with E-state index in [2.05, 4.69) is 0 Å². The number of rotatable bonds is 4. The smallest absolute Gasteiger partial charge is 0.147 e. The quantitative estimate of drug-likeness (QED) is 0.669. The maximum atomic E-state index is 5.52. The summed E-state index contributed by atoms with van der Waals surface area (Å²) in [6, 6.07) is 0. The molecule has 2 rings (SSSR count). The fraction of sp³-hybridized carbons (Fsp3) is 1.00. The van der Waals surface area contributed by atoms with Gasteiger partial charge >= 0.3 is 0 Å². The molecule has 0 unspecified atom stereocenters. The summed E-state index contributed by atoms with van der Waals surface area (Å²) in [7, 11) is 3.28. The molecule has 2 heterocycles. The molecule has 0 aromatic rings. The van der Waals surface area contributed by atoms with Gasteiger partial charge in [0, 0.05) is 14.2 Å². The van der Waals surface area contributed by atoms with Crippen LogP contribution in [0.3, 0.4) is 0 Å². The van der Waals surface area contributed by atoms with Crippen molar-refractivity contribution in [3.05, 3.63) is 0 Å². The van der Waals surface area contributed by atoms with Gasteiger partial charge in [0.05, 0.1) is 13.2 Å². The molecule has 6 nitrogen and oxygen atoms in total. The van der Waals surface area contributed by atoms with E-state index in [1.54, 1.807) is 14.2 Å². The molecule has 94 valence electrons. The van der Waals surface area contributed by atoms with E-state index >= 15 is 0 Å². The Kier molecular flexibility index (Phi) is 4.51. The lowest BCUT2D eigenvalue weighted by Crippen LogP contribution is -2.59. The number of hydrogen-bond acceptors (Lipinski definition) is 6. The van der Waals surface area contributed by atoms with Gasteiger partial charge in [-0.1, -0.05) is 0 Å². The maximum absolute atomic E-state index is 5.52. The predicted octanol–water partition coefficient (Wildman–Crippen LogP) is -0.238. The lowest BCUT2D eigenvalue weighted by Gasteiger charge is -2.43. The third-order valence-electron chi connectivity index (χ3n) is 2.80. The summed E-state index contributed by atoms with van der Waals surface area (Å²) in [5, 5.41) is 0. The van der Waals surface area contributed by atoms with Gasteiger partial charge in [-0.15, -0.1) is 0 Å². The molecule has 6 heteroatoms. The average Bonchev–Trinajstić information content (AvgIpc) is 2.31. The summed E-state index contributed by atoms with van der Waals surface area (Å²) in [6.45, 7) is 1.46. The van der Waals surface area contributed by atoms with E-state index in [0.717, 1.165) is 0 Å². The maximum Gasteiger partial charge on any atom is 0.147 e. The molecule has 0 radical (unpaired) electrons. The zero-order chi connectivity index (χ0) is 11.4. The molecular formula is C10H18O6. The largest absolute Gasteiger partial charge is 0.382 e. The van der Waals surface area contributed by atoms with Crippen LogP contribution in [-0.4, -0.2) is 65.4 Å². The molecule has 4 atom stereocenters. The summed E-state index contributed by atoms with van der Waals surface area (Å²) < 4.78 is 32.1. The summed E-state index contributed by atoms with van der Waals surface area (Å²) in [5.74, 6) is 0. The highest BCUT2D eigenvalue weighted by Crippen LogP contribution is 2.26. The molecule has 0 saturated carbocycles. The van der Waals surface area contributed by atoms with E-state index in [0.29, 0.717) is 13.2 Å². The first-order chi connectivity index (χ1) is 7.86. The highest BCUT2D eigenvalue weighted by Gasteiger charge is 2.44. The Morgan fingerprint density at radius 3 is 1.62 bits per heavy atom. The Balaban J connectivity index is 1.98. The third kappa shape index (κ3) is 2.53. The SMILES string of the molecule is COC[C@@H]1OCO[C@H]2[C@@H]1OCO[C@@H]2COC. The second-order valence-electron chi connectivity index (χ2n) is 3.82. The third-order valence-corrected chi connectivity index (χ3v) is 2.80. The van der Waals surface area contributed by atoms with E-state index in [9.17, 15) is 0 Å². The number of methoxy groups -OCH3 is 2. The zero-order valence-electron chi connectivity index (χ0n) is 9.59. The van der Waals surface area contributed by atoms with Crippen molar-refractivity contribution in [1.29, 1.82) is 0 Å². The van der Waals surface area contributed by atoms with Gasteiger partial charge in [0.2, 0.25) is 0 Å². The van der Waals surface area contributed by atoms with Crippen molar-refractivity contribution in [2.24, 2.45) is 0 Å². The fourth-order valence-corrected chi connectivity index (χ4v) is 2.04. The Bertz CT molecular complexity index is 185. The Hall–Kier alpha value is -0.240. The number of hydrogen-bond donors (Lipinski definition) is 0. The number of fused-ring (bicyclic) bond motifs is 1. The summed E-state index contributed by atoms with van der Waals surface area (Å²) >= 11 is 0. The molecule has 0 bridgehead atoms. The summed E-state index contributed by atoms with van der Waals surface area (Å²) in [5.41, 5.74) is 0. The van der Waals surface area contributed by atoms with E-state index in [-0.39, 0.29) is 38.0 Å². The molecule has 16 heavy (non-hydrogen) atoms. The molecule has 0 amide bonds. The van der Waals surface area contributed by atoms with Crippen LogP contribution in [0.4, 0.5) is 0 Å². The van der Waals surface area contributed by atoms with Gasteiger partial charge < -0.3 is 28.4 Å². The molecule has 0 spiro atoms. The highest BCUT2D eigenvalue weighted by atomic mass is 16.8. The van der Waals surface area contributed by atoms with Gasteiger partial charge in [-0.25, -0.2) is 0 Å². The van der Waals surface area contributed by atoms with Crippen LogP contribution in [0.15, 0.2) is 0 Å². The van der Waals surface area contributed by atoms with E-state index in [4.69, 9.17) is 28.4 Å². The van der Waals surface area contributed by atoms with Crippen LogP contribution in [0.25, 0.3) is 0 Å². The van der Waals surface area contributed by atoms with Crippen LogP contribution in [0.5, 0.6) is 0 Å². The summed E-state index contributed by atoms with van der Waals surface area (Å²) in [4.78, 5) is 0. The molecule has 0 aromatic heterocycles. The normalized spacial score (nSPS) is 39.4. The van der Waals surface area contributed by atoms with Crippen LogP contribution < -0.4 is 0 Å². The lowest BCUT2D eigenvalue weighted by molar-refractivity contribution is -0.330. The van der Waals surface area contributed by atoms with E-state index < -0.39 is 0 Å². The van der Waals surface area contributed by atoms with Crippen molar-refractivity contribution in [3.63, 3.8) is 0 Å². The van der Waals surface area contributed by atoms with Crippen molar-refractivity contribution in [3.8, 4) is 0 Å². The van der Waals surface area contributed by atoms with Crippen LogP contribution in [0.2, 0.25) is 0 Å². The van der Waals surface area contributed by atoms with Crippen molar-refractivity contribution in [2.75, 3.05) is 41.0 Å². The van der Waals surface area contributed by atoms with Crippen LogP contribution in [0, 0.1) is 0 Å². The molecule has 2 fully saturated rings. The van der Waals surface area contributed by atoms with E-state index in [1.165, 1.54) is 0 Å². The van der Waals surface area contributed by atoms with E-state index in [1.807, 2.05) is 0 Å². The van der Waals surface area contributed by atoms with Gasteiger partial charge in [0.1, 0.15) is 38.0 Å². The lowest BCUT2D eigenvalue weighted by atomic mass is 10.0. The van der Waals surface area contributed by atoms with Crippen LogP contribution >= 0.6 is 0 Å². The van der Waals surface area contributed by atoms with Gasteiger partial charge in [0.15, 0.2) is 0 Å². The molecule has 0 aromatic carbocycles. The first-order valence-electron chi connectivity index (χ1n) is 5.31. The fourth-order valence-electron chi connectivity index (χ4n) is 2.04. The van der Waals surface area contributed by atoms with Crippen LogP contribution in [-0.2, 0) is 28.4 Å². The predicted molar refractivity (Wildman–Crippen MR) is 53.0 cm³/mol. The second-order valence-corrected chi connectivity index (χ2v) is 3.82. The zero-order valence-corrected chi connectivity index (χ0v) is 9.59. The Labute approximate surface area is 94.7 Å². The monoisotopic (exact) mass is 234 g/mol. The minimum absolute atomic E-state index is 0.105. The van der Waals surface area contributed by atoms with Gasteiger partial charge in [-0.05, 0) is 0 Å². The second kappa shape index (κ2) is 5.90. The molecular weight excluding hydrogens is 216 g/mol. The molecule has 2 aliphatic rings.